The van der Waals surface area contributed by atoms with E-state index in [1.807, 2.05) is 4.90 Å². The lowest BCUT2D eigenvalue weighted by molar-refractivity contribution is 0.0734. The average molecular weight is 592 g/mol. The number of nitrogens with one attached hydrogen (secondary N) is 1. The standard InChI is InChI=1S/C29H33F4N5O2S/c1-41(39,40)38-10-7-26(25(33)16-38)36-28-13-21-17(14-35-28)5-8-34-29(21)20-6-9-37(15-24(20)32)27-4-2-3-19-22(27)11-18(30)12-23(19)31/h5,8,11-14,20,24-27H,2-4,6-7,9-10,15-16H2,1H3,(H,35,36)/t20-,24-,25+,26+,27+/m0/s1. The highest BCUT2D eigenvalue weighted by molar-refractivity contribution is 7.88. The van der Waals surface area contributed by atoms with Gasteiger partial charge in [-0.2, -0.15) is 4.31 Å². The van der Waals surface area contributed by atoms with Crippen LogP contribution in [0.2, 0.25) is 0 Å². The lowest BCUT2D eigenvalue weighted by Crippen LogP contribution is -2.49. The van der Waals surface area contributed by atoms with Crippen molar-refractivity contribution < 1.29 is 26.0 Å². The molecule has 1 aliphatic carbocycles. The normalized spacial score (nSPS) is 28.0. The maximum absolute atomic E-state index is 15.9. The summed E-state index contributed by atoms with van der Waals surface area (Å²) >= 11 is 0. The lowest BCUT2D eigenvalue weighted by Gasteiger charge is -2.41. The molecule has 3 aliphatic rings. The number of benzene rings is 1. The van der Waals surface area contributed by atoms with Crippen molar-refractivity contribution in [3.8, 4) is 0 Å². The zero-order chi connectivity index (χ0) is 28.9. The van der Waals surface area contributed by atoms with E-state index >= 15 is 4.39 Å². The fourth-order valence-corrected chi connectivity index (χ4v) is 7.55. The topological polar surface area (TPSA) is 78.4 Å². The number of fused-ring (bicyclic) bond motifs is 2. The number of aromatic nitrogens is 2. The van der Waals surface area contributed by atoms with Crippen molar-refractivity contribution in [2.75, 3.05) is 37.8 Å². The van der Waals surface area contributed by atoms with E-state index in [4.69, 9.17) is 0 Å². The van der Waals surface area contributed by atoms with Gasteiger partial charge in [-0.1, -0.05) is 0 Å². The van der Waals surface area contributed by atoms with Crippen molar-refractivity contribution in [3.63, 3.8) is 0 Å². The Morgan fingerprint density at radius 2 is 1.83 bits per heavy atom. The van der Waals surface area contributed by atoms with Gasteiger partial charge in [0, 0.05) is 60.8 Å². The number of sulfonamides is 1. The molecule has 0 saturated carbocycles. The Hall–Kier alpha value is -2.83. The molecule has 2 saturated heterocycles. The van der Waals surface area contributed by atoms with Gasteiger partial charge in [0.25, 0.3) is 0 Å². The highest BCUT2D eigenvalue weighted by Gasteiger charge is 2.38. The van der Waals surface area contributed by atoms with Gasteiger partial charge in [0.15, 0.2) is 0 Å². The quantitative estimate of drug-likeness (QED) is 0.426. The summed E-state index contributed by atoms with van der Waals surface area (Å²) < 4.78 is 84.0. The van der Waals surface area contributed by atoms with Gasteiger partial charge in [-0.25, -0.2) is 31.0 Å². The Bertz CT molecular complexity index is 1560. The summed E-state index contributed by atoms with van der Waals surface area (Å²) in [7, 11) is -3.47. The van der Waals surface area contributed by atoms with Crippen LogP contribution in [0.25, 0.3) is 10.8 Å². The van der Waals surface area contributed by atoms with Gasteiger partial charge in [0.05, 0.1) is 18.0 Å². The third-order valence-corrected chi connectivity index (χ3v) is 10.1. The van der Waals surface area contributed by atoms with E-state index in [-0.39, 0.29) is 32.1 Å². The van der Waals surface area contributed by atoms with E-state index in [1.165, 1.54) is 6.07 Å². The number of anilines is 1. The van der Waals surface area contributed by atoms with Crippen LogP contribution >= 0.6 is 0 Å². The van der Waals surface area contributed by atoms with Crippen molar-refractivity contribution >= 4 is 26.6 Å². The lowest BCUT2D eigenvalue weighted by atomic mass is 9.83. The SMILES string of the molecule is CS(=O)(=O)N1CC[C@@H](Nc2cc3c([C@H]4CCN([C@@H]5CCCc6c(F)cc(F)cc65)C[C@@H]4F)nccc3cn2)[C@H](F)C1. The van der Waals surface area contributed by atoms with E-state index < -0.39 is 46.0 Å². The molecule has 7 nitrogen and oxygen atoms in total. The second-order valence-electron chi connectivity index (χ2n) is 11.4. The maximum atomic E-state index is 15.9. The molecule has 220 valence electrons. The zero-order valence-corrected chi connectivity index (χ0v) is 23.6. The zero-order valence-electron chi connectivity index (χ0n) is 22.7. The van der Waals surface area contributed by atoms with Gasteiger partial charge >= 0.3 is 0 Å². The number of pyridine rings is 2. The van der Waals surface area contributed by atoms with Gasteiger partial charge in [0.2, 0.25) is 10.0 Å². The first-order chi connectivity index (χ1) is 19.6. The molecule has 12 heteroatoms. The van der Waals surface area contributed by atoms with Crippen molar-refractivity contribution in [2.45, 2.75) is 62.4 Å². The summed E-state index contributed by atoms with van der Waals surface area (Å²) in [5.41, 5.74) is 1.75. The predicted octanol–water partition coefficient (Wildman–Crippen LogP) is 4.90. The molecular weight excluding hydrogens is 558 g/mol. The van der Waals surface area contributed by atoms with Gasteiger partial charge in [-0.05, 0) is 68.0 Å². The number of halogens is 4. The molecule has 2 aliphatic heterocycles. The first-order valence-electron chi connectivity index (χ1n) is 14.0. The number of alkyl halides is 2. The van der Waals surface area contributed by atoms with E-state index in [9.17, 15) is 21.6 Å². The smallest absolute Gasteiger partial charge is 0.211 e. The van der Waals surface area contributed by atoms with Gasteiger partial charge in [-0.3, -0.25) is 9.88 Å². The first-order valence-corrected chi connectivity index (χ1v) is 15.9. The molecule has 0 bridgehead atoms. The Morgan fingerprint density at radius 1 is 1.00 bits per heavy atom. The van der Waals surface area contributed by atoms with Crippen molar-refractivity contribution in [1.82, 2.24) is 19.2 Å². The molecule has 0 amide bonds. The summed E-state index contributed by atoms with van der Waals surface area (Å²) in [5.74, 6) is -1.21. The largest absolute Gasteiger partial charge is 0.364 e. The summed E-state index contributed by atoms with van der Waals surface area (Å²) in [5, 5.41) is 4.61. The number of nitrogens with zero attached hydrogens (tertiary/aromatic N) is 4. The molecule has 1 aromatic carbocycles. The second-order valence-corrected chi connectivity index (χ2v) is 13.4. The Morgan fingerprint density at radius 3 is 2.59 bits per heavy atom. The maximum Gasteiger partial charge on any atom is 0.211 e. The van der Waals surface area contributed by atoms with Crippen LogP contribution in [0.3, 0.4) is 0 Å². The number of rotatable bonds is 5. The molecule has 5 atom stereocenters. The molecule has 41 heavy (non-hydrogen) atoms. The van der Waals surface area contributed by atoms with Crippen molar-refractivity contribution in [2.24, 2.45) is 0 Å². The van der Waals surface area contributed by atoms with Crippen molar-refractivity contribution in [1.29, 1.82) is 0 Å². The van der Waals surface area contributed by atoms with Crippen LogP contribution in [0.4, 0.5) is 23.4 Å². The van der Waals surface area contributed by atoms with Crippen LogP contribution in [0, 0.1) is 11.6 Å². The summed E-state index contributed by atoms with van der Waals surface area (Å²) in [4.78, 5) is 11.0. The molecule has 4 heterocycles. The minimum atomic E-state index is -3.47. The van der Waals surface area contributed by atoms with Crippen LogP contribution in [0.1, 0.15) is 54.5 Å². The Balaban J connectivity index is 1.20. The van der Waals surface area contributed by atoms with Crippen LogP contribution < -0.4 is 5.32 Å². The molecule has 6 rings (SSSR count). The first kappa shape index (κ1) is 28.3. The third kappa shape index (κ3) is 5.65. The van der Waals surface area contributed by atoms with Crippen molar-refractivity contribution in [3.05, 3.63) is 65.1 Å². The molecule has 0 unspecified atom stereocenters. The number of hydrogen-bond donors (Lipinski definition) is 1. The summed E-state index contributed by atoms with van der Waals surface area (Å²) in [6.07, 6.45) is 4.51. The number of hydrogen-bond acceptors (Lipinski definition) is 6. The van der Waals surface area contributed by atoms with Crippen LogP contribution in [0.15, 0.2) is 36.7 Å². The average Bonchev–Trinajstić information content (AvgIpc) is 2.93. The van der Waals surface area contributed by atoms with E-state index in [1.54, 1.807) is 24.5 Å². The van der Waals surface area contributed by atoms with Crippen LogP contribution in [-0.2, 0) is 16.4 Å². The molecule has 2 aromatic heterocycles. The minimum absolute atomic E-state index is 0.129. The number of piperidine rings is 2. The molecule has 1 N–H and O–H groups in total. The fraction of sp³-hybridized carbons (Fsp3) is 0.517. The van der Waals surface area contributed by atoms with E-state index in [2.05, 4.69) is 15.3 Å². The fourth-order valence-electron chi connectivity index (χ4n) is 6.70. The van der Waals surface area contributed by atoms with E-state index in [0.717, 1.165) is 40.2 Å². The Kier molecular flexibility index (Phi) is 7.67. The molecule has 0 radical (unpaired) electrons. The number of likely N-dealkylation sites (tertiary alicyclic amines) is 1. The third-order valence-electron chi connectivity index (χ3n) is 8.81. The Labute approximate surface area is 237 Å². The molecule has 0 spiro atoms. The van der Waals surface area contributed by atoms with Gasteiger partial charge in [0.1, 0.15) is 29.8 Å². The predicted molar refractivity (Wildman–Crippen MR) is 149 cm³/mol. The van der Waals surface area contributed by atoms with Gasteiger partial charge in [-0.15, -0.1) is 0 Å². The van der Waals surface area contributed by atoms with Gasteiger partial charge < -0.3 is 5.32 Å². The monoisotopic (exact) mass is 591 g/mol. The second kappa shape index (κ2) is 11.1. The van der Waals surface area contributed by atoms with Crippen LogP contribution in [0.5, 0.6) is 0 Å². The minimum Gasteiger partial charge on any atom is -0.364 e. The molecule has 2 fully saturated rings. The molecule has 3 aromatic rings. The highest BCUT2D eigenvalue weighted by Crippen LogP contribution is 2.41. The molecular formula is C29H33F4N5O2S. The summed E-state index contributed by atoms with van der Waals surface area (Å²) in [6, 6.07) is 5.02. The van der Waals surface area contributed by atoms with Crippen LogP contribution in [-0.4, -0.2) is 78.4 Å². The highest BCUT2D eigenvalue weighted by atomic mass is 32.2. The van der Waals surface area contributed by atoms with E-state index in [0.29, 0.717) is 42.0 Å². The summed E-state index contributed by atoms with van der Waals surface area (Å²) in [6.45, 7) is 0.682.